The zero-order chi connectivity index (χ0) is 12.1. The van der Waals surface area contributed by atoms with Gasteiger partial charge in [-0.2, -0.15) is 0 Å². The van der Waals surface area contributed by atoms with Crippen molar-refractivity contribution < 1.29 is 0 Å². The number of allylic oxidation sites excluding steroid dienone is 1. The van der Waals surface area contributed by atoms with Crippen LogP contribution >= 0.6 is 0 Å². The van der Waals surface area contributed by atoms with Crippen LogP contribution in [0.4, 0.5) is 5.82 Å². The highest BCUT2D eigenvalue weighted by Gasteiger charge is 2.08. The van der Waals surface area contributed by atoms with Gasteiger partial charge in [-0.3, -0.25) is 0 Å². The Kier molecular flexibility index (Phi) is 3.49. The first-order chi connectivity index (χ1) is 8.36. The highest BCUT2D eigenvalue weighted by Crippen LogP contribution is 2.17. The van der Waals surface area contributed by atoms with Crippen LogP contribution < -0.4 is 5.32 Å². The molecule has 0 bridgehead atoms. The molecular formula is C12H15N5. The summed E-state index contributed by atoms with van der Waals surface area (Å²) in [7, 11) is 0. The van der Waals surface area contributed by atoms with Crippen molar-refractivity contribution in [3.63, 3.8) is 0 Å². The van der Waals surface area contributed by atoms with Crippen LogP contribution in [-0.2, 0) is 6.54 Å². The maximum absolute atomic E-state index is 4.33. The molecule has 0 fully saturated rings. The third kappa shape index (κ3) is 2.33. The minimum absolute atomic E-state index is 0.658. The van der Waals surface area contributed by atoms with E-state index in [0.717, 1.165) is 29.9 Å². The number of aromatic nitrogens is 4. The number of fused-ring (bicyclic) bond motifs is 1. The van der Waals surface area contributed by atoms with Gasteiger partial charge in [-0.15, -0.1) is 13.2 Å². The molecule has 1 N–H and O–H groups in total. The van der Waals surface area contributed by atoms with E-state index in [1.165, 1.54) is 0 Å². The van der Waals surface area contributed by atoms with Gasteiger partial charge >= 0.3 is 0 Å². The largest absolute Gasteiger partial charge is 0.365 e. The first-order valence-corrected chi connectivity index (χ1v) is 5.48. The van der Waals surface area contributed by atoms with Crippen molar-refractivity contribution >= 4 is 17.0 Å². The van der Waals surface area contributed by atoms with E-state index in [-0.39, 0.29) is 0 Å². The average Bonchev–Trinajstić information content (AvgIpc) is 2.77. The lowest BCUT2D eigenvalue weighted by atomic mass is 10.4. The maximum atomic E-state index is 4.33. The second-order valence-corrected chi connectivity index (χ2v) is 3.58. The van der Waals surface area contributed by atoms with Crippen LogP contribution in [0.1, 0.15) is 6.42 Å². The Labute approximate surface area is 99.9 Å². The number of rotatable bonds is 6. The van der Waals surface area contributed by atoms with E-state index < -0.39 is 0 Å². The van der Waals surface area contributed by atoms with Crippen molar-refractivity contribution in [2.75, 3.05) is 11.9 Å². The summed E-state index contributed by atoms with van der Waals surface area (Å²) >= 11 is 0. The second-order valence-electron chi connectivity index (χ2n) is 3.58. The van der Waals surface area contributed by atoms with Gasteiger partial charge in [-0.05, 0) is 6.42 Å². The Morgan fingerprint density at radius 3 is 2.88 bits per heavy atom. The summed E-state index contributed by atoms with van der Waals surface area (Å²) in [5, 5.41) is 3.14. The fourth-order valence-electron chi connectivity index (χ4n) is 1.57. The van der Waals surface area contributed by atoms with Crippen LogP contribution in [0.2, 0.25) is 0 Å². The van der Waals surface area contributed by atoms with Crippen LogP contribution in [0.15, 0.2) is 38.0 Å². The molecule has 0 aliphatic carbocycles. The van der Waals surface area contributed by atoms with Crippen LogP contribution in [-0.4, -0.2) is 26.1 Å². The highest BCUT2D eigenvalue weighted by atomic mass is 15.1. The molecule has 2 heterocycles. The van der Waals surface area contributed by atoms with Crippen molar-refractivity contribution in [3.05, 3.63) is 38.0 Å². The van der Waals surface area contributed by atoms with Gasteiger partial charge in [0.15, 0.2) is 11.5 Å². The standard InChI is InChI=1S/C12H15N5/c1-3-5-7-17-9-16-10-11(13-6-4-2)14-8-15-12(10)17/h3-4,8-9H,1-2,5-7H2,(H,13,14,15). The Hall–Kier alpha value is -2.17. The third-order valence-corrected chi connectivity index (χ3v) is 2.39. The Balaban J connectivity index is 2.34. The molecule has 0 atom stereocenters. The van der Waals surface area contributed by atoms with Gasteiger partial charge in [0.2, 0.25) is 0 Å². The summed E-state index contributed by atoms with van der Waals surface area (Å²) in [6.45, 7) is 8.86. The number of anilines is 1. The molecule has 0 saturated carbocycles. The Morgan fingerprint density at radius 1 is 1.24 bits per heavy atom. The van der Waals surface area contributed by atoms with Gasteiger partial charge in [0.05, 0.1) is 6.33 Å². The second kappa shape index (κ2) is 5.25. The predicted octanol–water partition coefficient (Wildman–Crippen LogP) is 2.00. The Bertz CT molecular complexity index is 529. The average molecular weight is 229 g/mol. The molecule has 0 unspecified atom stereocenters. The fraction of sp³-hybridized carbons (Fsp3) is 0.250. The van der Waals surface area contributed by atoms with Gasteiger partial charge in [0.25, 0.3) is 0 Å². The molecular weight excluding hydrogens is 214 g/mol. The summed E-state index contributed by atoms with van der Waals surface area (Å²) in [5.41, 5.74) is 1.63. The summed E-state index contributed by atoms with van der Waals surface area (Å²) in [6, 6.07) is 0. The van der Waals surface area contributed by atoms with Crippen molar-refractivity contribution in [3.8, 4) is 0 Å². The van der Waals surface area contributed by atoms with E-state index in [9.17, 15) is 0 Å². The number of aryl methyl sites for hydroxylation is 1. The SMILES string of the molecule is C=CCCn1cnc2c(NCC=C)ncnc21. The molecule has 2 rings (SSSR count). The monoisotopic (exact) mass is 229 g/mol. The lowest BCUT2D eigenvalue weighted by Crippen LogP contribution is -2.02. The van der Waals surface area contributed by atoms with Crippen molar-refractivity contribution in [1.82, 2.24) is 19.5 Å². The first kappa shape index (κ1) is 11.3. The summed E-state index contributed by atoms with van der Waals surface area (Å²) in [4.78, 5) is 12.8. The van der Waals surface area contributed by atoms with Gasteiger partial charge in [-0.1, -0.05) is 12.2 Å². The minimum Gasteiger partial charge on any atom is -0.365 e. The molecule has 17 heavy (non-hydrogen) atoms. The number of hydrogen-bond donors (Lipinski definition) is 1. The number of nitrogens with one attached hydrogen (secondary N) is 1. The van der Waals surface area contributed by atoms with Crippen LogP contribution in [0.25, 0.3) is 11.2 Å². The highest BCUT2D eigenvalue weighted by molar-refractivity contribution is 5.82. The van der Waals surface area contributed by atoms with Crippen molar-refractivity contribution in [1.29, 1.82) is 0 Å². The summed E-state index contributed by atoms with van der Waals surface area (Å²) in [6.07, 6.45) is 7.87. The number of nitrogens with zero attached hydrogens (tertiary/aromatic N) is 4. The lowest BCUT2D eigenvalue weighted by Gasteiger charge is -2.03. The van der Waals surface area contributed by atoms with Gasteiger partial charge < -0.3 is 9.88 Å². The molecule has 0 amide bonds. The molecule has 2 aromatic rings. The van der Waals surface area contributed by atoms with E-state index in [0.29, 0.717) is 6.54 Å². The first-order valence-electron chi connectivity index (χ1n) is 5.48. The molecule has 2 aromatic heterocycles. The van der Waals surface area contributed by atoms with Crippen LogP contribution in [0, 0.1) is 0 Å². The third-order valence-electron chi connectivity index (χ3n) is 2.39. The molecule has 0 saturated heterocycles. The molecule has 0 aromatic carbocycles. The number of imidazole rings is 1. The number of hydrogen-bond acceptors (Lipinski definition) is 4. The quantitative estimate of drug-likeness (QED) is 0.770. The molecule has 0 spiro atoms. The lowest BCUT2D eigenvalue weighted by molar-refractivity contribution is 0.724. The smallest absolute Gasteiger partial charge is 0.165 e. The zero-order valence-corrected chi connectivity index (χ0v) is 9.63. The van der Waals surface area contributed by atoms with E-state index >= 15 is 0 Å². The summed E-state index contributed by atoms with van der Waals surface area (Å²) in [5.74, 6) is 0.743. The molecule has 0 radical (unpaired) electrons. The topological polar surface area (TPSA) is 55.6 Å². The van der Waals surface area contributed by atoms with Gasteiger partial charge in [-0.25, -0.2) is 15.0 Å². The molecule has 0 aliphatic rings. The van der Waals surface area contributed by atoms with E-state index in [2.05, 4.69) is 33.4 Å². The van der Waals surface area contributed by atoms with Crippen LogP contribution in [0.3, 0.4) is 0 Å². The van der Waals surface area contributed by atoms with E-state index in [1.54, 1.807) is 18.7 Å². The van der Waals surface area contributed by atoms with Gasteiger partial charge in [0, 0.05) is 13.1 Å². The minimum atomic E-state index is 0.658. The van der Waals surface area contributed by atoms with Crippen LogP contribution in [0.5, 0.6) is 0 Å². The fourth-order valence-corrected chi connectivity index (χ4v) is 1.57. The molecule has 0 aliphatic heterocycles. The maximum Gasteiger partial charge on any atom is 0.165 e. The van der Waals surface area contributed by atoms with E-state index in [1.807, 2.05) is 10.6 Å². The van der Waals surface area contributed by atoms with E-state index in [4.69, 9.17) is 0 Å². The van der Waals surface area contributed by atoms with Gasteiger partial charge in [0.1, 0.15) is 11.8 Å². The molecule has 88 valence electrons. The predicted molar refractivity (Wildman–Crippen MR) is 68.8 cm³/mol. The van der Waals surface area contributed by atoms with Crippen molar-refractivity contribution in [2.45, 2.75) is 13.0 Å². The summed E-state index contributed by atoms with van der Waals surface area (Å²) < 4.78 is 2.00. The van der Waals surface area contributed by atoms with Crippen molar-refractivity contribution in [2.24, 2.45) is 0 Å². The normalized spacial score (nSPS) is 10.4. The molecule has 5 nitrogen and oxygen atoms in total. The zero-order valence-electron chi connectivity index (χ0n) is 9.63. The molecule has 5 heteroatoms. The Morgan fingerprint density at radius 2 is 2.12 bits per heavy atom.